The van der Waals surface area contributed by atoms with Crippen molar-refractivity contribution in [2.75, 3.05) is 0 Å². The average Bonchev–Trinajstić information content (AvgIpc) is 2.71. The zero-order valence-electron chi connectivity index (χ0n) is 8.39. The Kier molecular flexibility index (Phi) is 3.03. The number of alkyl halides is 3. The number of hydrogen-bond acceptors (Lipinski definition) is 5. The van der Waals surface area contributed by atoms with Crippen molar-refractivity contribution in [3.8, 4) is 5.75 Å². The second kappa shape index (κ2) is 4.37. The molecule has 0 saturated carbocycles. The SMILES string of the molecule is O=[N+]([O-])c1c(OSC(F)(F)F)ccc2cn[nH]c12. The van der Waals surface area contributed by atoms with Crippen molar-refractivity contribution in [3.63, 3.8) is 0 Å². The third-order valence-electron chi connectivity index (χ3n) is 1.96. The van der Waals surface area contributed by atoms with Gasteiger partial charge in [0.25, 0.3) is 0 Å². The Morgan fingerprint density at radius 2 is 2.17 bits per heavy atom. The van der Waals surface area contributed by atoms with Gasteiger partial charge in [0.1, 0.15) is 5.52 Å². The first-order chi connectivity index (χ1) is 8.38. The number of fused-ring (bicyclic) bond motifs is 1. The van der Waals surface area contributed by atoms with Gasteiger partial charge in [-0.2, -0.15) is 18.3 Å². The topological polar surface area (TPSA) is 81.1 Å². The van der Waals surface area contributed by atoms with E-state index < -0.39 is 33.9 Å². The fraction of sp³-hybridized carbons (Fsp3) is 0.125. The standard InChI is InChI=1S/C8H4F3N3O3S/c9-8(10,11)18-17-5-2-1-4-3-12-13-6(4)7(5)14(15)16/h1-3H,(H,12,13). The third kappa shape index (κ3) is 2.47. The van der Waals surface area contributed by atoms with E-state index >= 15 is 0 Å². The van der Waals surface area contributed by atoms with Gasteiger partial charge in [0.15, 0.2) is 12.0 Å². The van der Waals surface area contributed by atoms with Crippen LogP contribution in [0.15, 0.2) is 18.3 Å². The predicted molar refractivity (Wildman–Crippen MR) is 57.0 cm³/mol. The summed E-state index contributed by atoms with van der Waals surface area (Å²) >= 11 is -0.809. The minimum Gasteiger partial charge on any atom is -0.410 e. The van der Waals surface area contributed by atoms with Crippen LogP contribution in [0.4, 0.5) is 18.9 Å². The molecule has 0 spiro atoms. The summed E-state index contributed by atoms with van der Waals surface area (Å²) in [6.07, 6.45) is 1.32. The molecule has 0 unspecified atom stereocenters. The van der Waals surface area contributed by atoms with Crippen molar-refractivity contribution in [3.05, 3.63) is 28.4 Å². The molecule has 1 N–H and O–H groups in total. The molecule has 0 atom stereocenters. The van der Waals surface area contributed by atoms with E-state index in [1.54, 1.807) is 0 Å². The Bertz CT molecular complexity index is 598. The maximum atomic E-state index is 12.0. The van der Waals surface area contributed by atoms with E-state index in [9.17, 15) is 23.3 Å². The van der Waals surface area contributed by atoms with E-state index in [4.69, 9.17) is 0 Å². The normalized spacial score (nSPS) is 11.7. The van der Waals surface area contributed by atoms with E-state index in [0.717, 1.165) is 6.07 Å². The van der Waals surface area contributed by atoms with Crippen LogP contribution in [0.25, 0.3) is 10.9 Å². The highest BCUT2D eigenvalue weighted by atomic mass is 32.2. The summed E-state index contributed by atoms with van der Waals surface area (Å²) in [4.78, 5) is 10.0. The largest absolute Gasteiger partial charge is 0.479 e. The lowest BCUT2D eigenvalue weighted by Gasteiger charge is -2.06. The van der Waals surface area contributed by atoms with Crippen molar-refractivity contribution in [1.82, 2.24) is 10.2 Å². The average molecular weight is 279 g/mol. The van der Waals surface area contributed by atoms with Gasteiger partial charge in [0, 0.05) is 5.39 Å². The molecule has 96 valence electrons. The number of H-pyrrole nitrogens is 1. The molecular formula is C8H4F3N3O3S. The van der Waals surface area contributed by atoms with Crippen LogP contribution in [0.3, 0.4) is 0 Å². The number of hydrogen-bond donors (Lipinski definition) is 1. The third-order valence-corrected chi connectivity index (χ3v) is 2.41. The molecule has 6 nitrogen and oxygen atoms in total. The molecule has 0 aliphatic rings. The summed E-state index contributed by atoms with van der Waals surface area (Å²) in [5, 5.41) is 17.2. The maximum Gasteiger partial charge on any atom is 0.479 e. The van der Waals surface area contributed by atoms with Crippen molar-refractivity contribution in [2.45, 2.75) is 5.51 Å². The summed E-state index contributed by atoms with van der Waals surface area (Å²) in [5.74, 6) is -0.487. The first-order valence-electron chi connectivity index (χ1n) is 4.41. The van der Waals surface area contributed by atoms with Gasteiger partial charge in [0.2, 0.25) is 5.75 Å². The van der Waals surface area contributed by atoms with Crippen LogP contribution in [-0.2, 0) is 0 Å². The molecule has 18 heavy (non-hydrogen) atoms. The summed E-state index contributed by atoms with van der Waals surface area (Å²) in [5.41, 5.74) is -5.21. The Balaban J connectivity index is 2.43. The van der Waals surface area contributed by atoms with Crippen molar-refractivity contribution >= 4 is 28.6 Å². The van der Waals surface area contributed by atoms with E-state index in [1.165, 1.54) is 12.3 Å². The minimum atomic E-state index is -4.64. The minimum absolute atomic E-state index is 0.0141. The number of benzene rings is 1. The van der Waals surface area contributed by atoms with E-state index in [-0.39, 0.29) is 5.52 Å². The molecule has 1 aromatic carbocycles. The highest BCUT2D eigenvalue weighted by molar-refractivity contribution is 7.95. The van der Waals surface area contributed by atoms with Gasteiger partial charge in [0.05, 0.1) is 11.1 Å². The smallest absolute Gasteiger partial charge is 0.410 e. The van der Waals surface area contributed by atoms with Gasteiger partial charge in [-0.25, -0.2) is 0 Å². The van der Waals surface area contributed by atoms with E-state index in [2.05, 4.69) is 14.4 Å². The van der Waals surface area contributed by atoms with Crippen molar-refractivity contribution < 1.29 is 22.3 Å². The van der Waals surface area contributed by atoms with Gasteiger partial charge in [-0.3, -0.25) is 15.2 Å². The number of aromatic nitrogens is 2. The molecule has 2 rings (SSSR count). The van der Waals surface area contributed by atoms with Crippen molar-refractivity contribution in [2.24, 2.45) is 0 Å². The first-order valence-corrected chi connectivity index (χ1v) is 5.15. The molecule has 0 aliphatic carbocycles. The van der Waals surface area contributed by atoms with Crippen LogP contribution >= 0.6 is 12.0 Å². The Morgan fingerprint density at radius 1 is 1.44 bits per heavy atom. The van der Waals surface area contributed by atoms with Crippen LogP contribution in [-0.4, -0.2) is 20.6 Å². The highest BCUT2D eigenvalue weighted by Crippen LogP contribution is 2.39. The van der Waals surface area contributed by atoms with Gasteiger partial charge in [-0.05, 0) is 12.1 Å². The molecular weight excluding hydrogens is 275 g/mol. The second-order valence-electron chi connectivity index (χ2n) is 3.12. The zero-order chi connectivity index (χ0) is 13.3. The zero-order valence-corrected chi connectivity index (χ0v) is 9.21. The van der Waals surface area contributed by atoms with Gasteiger partial charge >= 0.3 is 11.2 Å². The molecule has 0 amide bonds. The summed E-state index contributed by atoms with van der Waals surface area (Å²) in [6, 6.07) is 2.47. The van der Waals surface area contributed by atoms with Crippen LogP contribution in [0.5, 0.6) is 5.75 Å². The predicted octanol–water partition coefficient (Wildman–Crippen LogP) is 3.02. The lowest BCUT2D eigenvalue weighted by molar-refractivity contribution is -0.383. The number of nitrogens with zero attached hydrogens (tertiary/aromatic N) is 2. The number of nitro groups is 1. The molecule has 0 bridgehead atoms. The molecule has 0 fully saturated rings. The fourth-order valence-corrected chi connectivity index (χ4v) is 1.64. The van der Waals surface area contributed by atoms with Crippen LogP contribution in [0, 0.1) is 10.1 Å². The number of aromatic amines is 1. The monoisotopic (exact) mass is 279 g/mol. The molecule has 1 aromatic heterocycles. The van der Waals surface area contributed by atoms with Crippen molar-refractivity contribution in [1.29, 1.82) is 0 Å². The summed E-state index contributed by atoms with van der Waals surface area (Å²) in [7, 11) is 0. The number of nitrogens with one attached hydrogen (secondary N) is 1. The second-order valence-corrected chi connectivity index (χ2v) is 3.91. The highest BCUT2D eigenvalue weighted by Gasteiger charge is 2.33. The Labute approximate surface area is 101 Å². The summed E-state index contributed by atoms with van der Waals surface area (Å²) < 4.78 is 40.3. The fourth-order valence-electron chi connectivity index (χ4n) is 1.32. The van der Waals surface area contributed by atoms with Gasteiger partial charge in [-0.1, -0.05) is 0 Å². The Morgan fingerprint density at radius 3 is 2.78 bits per heavy atom. The molecule has 0 aliphatic heterocycles. The van der Waals surface area contributed by atoms with Crippen LogP contribution in [0.1, 0.15) is 0 Å². The number of halogens is 3. The lowest BCUT2D eigenvalue weighted by Crippen LogP contribution is -2.04. The van der Waals surface area contributed by atoms with Gasteiger partial charge in [-0.15, -0.1) is 0 Å². The Hall–Kier alpha value is -1.97. The quantitative estimate of drug-likeness (QED) is 0.530. The number of rotatable bonds is 3. The molecule has 0 radical (unpaired) electrons. The lowest BCUT2D eigenvalue weighted by atomic mass is 10.2. The van der Waals surface area contributed by atoms with Crippen LogP contribution < -0.4 is 4.18 Å². The first kappa shape index (κ1) is 12.5. The molecule has 1 heterocycles. The van der Waals surface area contributed by atoms with E-state index in [1.807, 2.05) is 0 Å². The molecule has 2 aromatic rings. The van der Waals surface area contributed by atoms with Crippen LogP contribution in [0.2, 0.25) is 0 Å². The van der Waals surface area contributed by atoms with Gasteiger partial charge < -0.3 is 4.18 Å². The maximum absolute atomic E-state index is 12.0. The number of nitro benzene ring substituents is 1. The van der Waals surface area contributed by atoms with E-state index in [0.29, 0.717) is 5.39 Å². The molecule has 0 saturated heterocycles. The molecule has 10 heteroatoms. The summed E-state index contributed by atoms with van der Waals surface area (Å²) in [6.45, 7) is 0.